The van der Waals surface area contributed by atoms with E-state index < -0.39 is 0 Å². The lowest BCUT2D eigenvalue weighted by atomic mass is 10.1. The van der Waals surface area contributed by atoms with Gasteiger partial charge in [0.1, 0.15) is 5.69 Å². The number of para-hydroxylation sites is 1. The smallest absolute Gasteiger partial charge is 0.191 e. The fourth-order valence-electron chi connectivity index (χ4n) is 2.21. The molecule has 2 heterocycles. The number of rotatable bonds is 4. The van der Waals surface area contributed by atoms with Crippen LogP contribution >= 0.6 is 22.9 Å². The van der Waals surface area contributed by atoms with Gasteiger partial charge in [0.25, 0.3) is 0 Å². The van der Waals surface area contributed by atoms with E-state index in [1.165, 1.54) is 11.3 Å². The minimum absolute atomic E-state index is 0.200. The van der Waals surface area contributed by atoms with Crippen LogP contribution in [0.25, 0.3) is 10.9 Å². The van der Waals surface area contributed by atoms with Gasteiger partial charge < -0.3 is 0 Å². The van der Waals surface area contributed by atoms with E-state index in [4.69, 9.17) is 11.6 Å². The zero-order valence-corrected chi connectivity index (χ0v) is 12.7. The fourth-order valence-corrected chi connectivity index (χ4v) is 3.09. The van der Waals surface area contributed by atoms with Crippen LogP contribution < -0.4 is 0 Å². The molecule has 0 atom stereocenters. The summed E-state index contributed by atoms with van der Waals surface area (Å²) >= 11 is 7.08. The van der Waals surface area contributed by atoms with Gasteiger partial charge in [0.15, 0.2) is 11.6 Å². The maximum atomic E-state index is 12.3. The van der Waals surface area contributed by atoms with Crippen molar-refractivity contribution in [3.05, 3.63) is 51.3 Å². The van der Waals surface area contributed by atoms with Crippen LogP contribution in [0.3, 0.4) is 0 Å². The van der Waals surface area contributed by atoms with Crippen molar-refractivity contribution in [3.63, 3.8) is 0 Å². The molecular formula is C15H11ClN2O2S. The molecule has 3 aromatic rings. The number of hydrogen-bond acceptors (Lipinski definition) is 4. The average molecular weight is 319 g/mol. The molecule has 0 N–H and O–H groups in total. The highest BCUT2D eigenvalue weighted by Gasteiger charge is 2.20. The highest BCUT2D eigenvalue weighted by atomic mass is 35.5. The quantitative estimate of drug-likeness (QED) is 0.544. The molecule has 106 valence electrons. The number of benzene rings is 1. The lowest BCUT2D eigenvalue weighted by molar-refractivity contribution is 0.0892. The van der Waals surface area contributed by atoms with Crippen molar-refractivity contribution >= 4 is 45.4 Å². The Hall–Kier alpha value is -1.98. The van der Waals surface area contributed by atoms with Crippen LogP contribution in [0.2, 0.25) is 4.34 Å². The fraction of sp³-hybridized carbons (Fsp3) is 0.133. The number of carbonyl (C=O) groups excluding carboxylic acids is 2. The van der Waals surface area contributed by atoms with Crippen molar-refractivity contribution in [2.75, 3.05) is 0 Å². The third-order valence-electron chi connectivity index (χ3n) is 3.23. The van der Waals surface area contributed by atoms with Gasteiger partial charge in [-0.3, -0.25) is 14.3 Å². The molecule has 6 heteroatoms. The summed E-state index contributed by atoms with van der Waals surface area (Å²) in [6, 6.07) is 9.04. The van der Waals surface area contributed by atoms with E-state index in [9.17, 15) is 9.59 Å². The molecule has 0 bridgehead atoms. The molecule has 4 nitrogen and oxygen atoms in total. The summed E-state index contributed by atoms with van der Waals surface area (Å²) in [4.78, 5) is 24.4. The minimum atomic E-state index is -0.279. The molecule has 0 saturated carbocycles. The molecule has 0 aliphatic heterocycles. The number of ketones is 2. The van der Waals surface area contributed by atoms with Gasteiger partial charge in [0, 0.05) is 23.4 Å². The van der Waals surface area contributed by atoms with Crippen molar-refractivity contribution in [1.82, 2.24) is 9.78 Å². The molecule has 0 aliphatic rings. The first-order valence-electron chi connectivity index (χ1n) is 6.28. The number of carbonyl (C=O) groups is 2. The zero-order chi connectivity index (χ0) is 15.0. The number of halogens is 1. The van der Waals surface area contributed by atoms with Crippen molar-refractivity contribution in [1.29, 1.82) is 0 Å². The Kier molecular flexibility index (Phi) is 3.61. The Labute approximate surface area is 130 Å². The summed E-state index contributed by atoms with van der Waals surface area (Å²) < 4.78 is 2.18. The highest BCUT2D eigenvalue weighted by molar-refractivity contribution is 7.14. The Balaban J connectivity index is 1.89. The van der Waals surface area contributed by atoms with E-state index in [0.29, 0.717) is 15.6 Å². The number of thiophene rings is 1. The number of aromatic nitrogens is 2. The maximum Gasteiger partial charge on any atom is 0.191 e. The van der Waals surface area contributed by atoms with Gasteiger partial charge in [-0.15, -0.1) is 11.3 Å². The van der Waals surface area contributed by atoms with Gasteiger partial charge in [-0.1, -0.05) is 29.8 Å². The minimum Gasteiger partial charge on any atom is -0.294 e. The van der Waals surface area contributed by atoms with E-state index >= 15 is 0 Å². The lowest BCUT2D eigenvalue weighted by Crippen LogP contribution is -2.09. The second-order valence-corrected chi connectivity index (χ2v) is 6.19. The second kappa shape index (κ2) is 5.42. The first-order valence-corrected chi connectivity index (χ1v) is 7.54. The lowest BCUT2D eigenvalue weighted by Gasteiger charge is -1.97. The summed E-state index contributed by atoms with van der Waals surface area (Å²) in [5.74, 6) is -0.517. The van der Waals surface area contributed by atoms with Crippen molar-refractivity contribution < 1.29 is 9.59 Å². The van der Waals surface area contributed by atoms with Gasteiger partial charge in [0.05, 0.1) is 16.3 Å². The SMILES string of the molecule is Cn1nc(C(=O)CC(=O)c2csc(Cl)c2)c2ccccc21. The van der Waals surface area contributed by atoms with Crippen molar-refractivity contribution in [2.45, 2.75) is 6.42 Å². The first kappa shape index (κ1) is 14.0. The van der Waals surface area contributed by atoms with Crippen molar-refractivity contribution in [2.24, 2.45) is 7.05 Å². The molecule has 0 fully saturated rings. The summed E-state index contributed by atoms with van der Waals surface area (Å²) in [7, 11) is 1.78. The third-order valence-corrected chi connectivity index (χ3v) is 4.32. The molecule has 3 rings (SSSR count). The predicted octanol–water partition coefficient (Wildman–Crippen LogP) is 3.74. The number of nitrogens with zero attached hydrogens (tertiary/aromatic N) is 2. The van der Waals surface area contributed by atoms with Crippen LogP contribution in [-0.2, 0) is 7.05 Å². The molecule has 0 aliphatic carbocycles. The maximum absolute atomic E-state index is 12.3. The predicted molar refractivity (Wildman–Crippen MR) is 83.3 cm³/mol. The number of Topliss-reactive ketones (excluding diaryl/α,β-unsaturated/α-hetero) is 2. The molecule has 0 amide bonds. The Bertz CT molecular complexity index is 850. The van der Waals surface area contributed by atoms with Crippen molar-refractivity contribution in [3.8, 4) is 0 Å². The Morgan fingerprint density at radius 1 is 1.29 bits per heavy atom. The Morgan fingerprint density at radius 3 is 2.76 bits per heavy atom. The molecule has 0 unspecified atom stereocenters. The number of aryl methyl sites for hydroxylation is 1. The monoisotopic (exact) mass is 318 g/mol. The van der Waals surface area contributed by atoms with Crippen LogP contribution in [0.1, 0.15) is 27.3 Å². The molecule has 1 aromatic carbocycles. The van der Waals surface area contributed by atoms with Gasteiger partial charge in [-0.25, -0.2) is 0 Å². The standard InChI is InChI=1S/C15H11ClN2O2S/c1-18-11-5-3-2-4-10(11)15(17-18)13(20)7-12(19)9-6-14(16)21-8-9/h2-6,8H,7H2,1H3. The summed E-state index contributed by atoms with van der Waals surface area (Å²) in [5, 5.41) is 6.66. The van der Waals surface area contributed by atoms with Gasteiger partial charge in [-0.05, 0) is 12.1 Å². The third kappa shape index (κ3) is 2.62. The second-order valence-electron chi connectivity index (χ2n) is 4.65. The van der Waals surface area contributed by atoms with E-state index in [1.807, 2.05) is 24.3 Å². The molecule has 0 saturated heterocycles. The first-order chi connectivity index (χ1) is 10.1. The zero-order valence-electron chi connectivity index (χ0n) is 11.2. The van der Waals surface area contributed by atoms with Crippen LogP contribution in [0.4, 0.5) is 0 Å². The van der Waals surface area contributed by atoms with Crippen LogP contribution in [0.15, 0.2) is 35.7 Å². The highest BCUT2D eigenvalue weighted by Crippen LogP contribution is 2.23. The summed E-state index contributed by atoms with van der Waals surface area (Å²) in [6.45, 7) is 0. The Morgan fingerprint density at radius 2 is 2.05 bits per heavy atom. The normalized spacial score (nSPS) is 11.0. The average Bonchev–Trinajstić information content (AvgIpc) is 3.04. The van der Waals surface area contributed by atoms with Crippen LogP contribution in [-0.4, -0.2) is 21.3 Å². The molecule has 2 aromatic heterocycles. The van der Waals surface area contributed by atoms with E-state index in [1.54, 1.807) is 23.2 Å². The van der Waals surface area contributed by atoms with E-state index in [-0.39, 0.29) is 18.0 Å². The van der Waals surface area contributed by atoms with E-state index in [0.717, 1.165) is 10.9 Å². The molecule has 0 radical (unpaired) electrons. The summed E-state index contributed by atoms with van der Waals surface area (Å²) in [5.41, 5.74) is 1.67. The summed E-state index contributed by atoms with van der Waals surface area (Å²) in [6.07, 6.45) is -0.200. The number of hydrogen-bond donors (Lipinski definition) is 0. The molecule has 0 spiro atoms. The van der Waals surface area contributed by atoms with Gasteiger partial charge in [0.2, 0.25) is 0 Å². The van der Waals surface area contributed by atoms with Gasteiger partial charge >= 0.3 is 0 Å². The molecular weight excluding hydrogens is 308 g/mol. The van der Waals surface area contributed by atoms with E-state index in [2.05, 4.69) is 5.10 Å². The van der Waals surface area contributed by atoms with Gasteiger partial charge in [-0.2, -0.15) is 5.10 Å². The van der Waals surface area contributed by atoms with Crippen LogP contribution in [0, 0.1) is 0 Å². The largest absolute Gasteiger partial charge is 0.294 e. The van der Waals surface area contributed by atoms with Crippen LogP contribution in [0.5, 0.6) is 0 Å². The number of fused-ring (bicyclic) bond motifs is 1. The topological polar surface area (TPSA) is 52.0 Å². The molecule has 21 heavy (non-hydrogen) atoms.